The van der Waals surface area contributed by atoms with Gasteiger partial charge in [-0.25, -0.2) is 0 Å². The standard InChI is InChI=1S/2Ag.K.H2O3S.H/c;;;1-4(2)3;/h;;;(H2,1,2,3);. The third-order valence-corrected chi connectivity index (χ3v) is 0. The number of hydrogen-bond donors (Lipinski definition) is 2. The molecule has 2 N–H and O–H groups in total. The van der Waals surface area contributed by atoms with Crippen molar-refractivity contribution in [1.82, 2.24) is 0 Å². The molecule has 0 saturated heterocycles. The van der Waals surface area contributed by atoms with Crippen molar-refractivity contribution in [2.24, 2.45) is 0 Å². The first-order valence-electron chi connectivity index (χ1n) is 0.532. The Morgan fingerprint density at radius 1 is 1.14 bits per heavy atom. The van der Waals surface area contributed by atoms with Crippen LogP contribution in [0.2, 0.25) is 0 Å². The molecule has 0 spiro atoms. The molecule has 0 unspecified atom stereocenters. The van der Waals surface area contributed by atoms with Crippen molar-refractivity contribution in [2.45, 2.75) is 0 Å². The van der Waals surface area contributed by atoms with E-state index in [2.05, 4.69) is 0 Å². The van der Waals surface area contributed by atoms with Crippen molar-refractivity contribution in [3.05, 3.63) is 0 Å². The fourth-order valence-electron chi connectivity index (χ4n) is 0. The molecule has 0 aliphatic rings. The normalized spacial score (nSPS) is 5.00. The predicted octanol–water partition coefficient (Wildman–Crippen LogP) is -0.972. The summed E-state index contributed by atoms with van der Waals surface area (Å²) in [5.41, 5.74) is 0. The Morgan fingerprint density at radius 2 is 1.14 bits per heavy atom. The van der Waals surface area contributed by atoms with Gasteiger partial charge in [0.25, 0.3) is 11.4 Å². The van der Waals surface area contributed by atoms with Crippen LogP contribution in [0.4, 0.5) is 0 Å². The van der Waals surface area contributed by atoms with Crippen molar-refractivity contribution >= 4 is 62.7 Å². The van der Waals surface area contributed by atoms with Gasteiger partial charge in [0.05, 0.1) is 0 Å². The van der Waals surface area contributed by atoms with E-state index in [0.29, 0.717) is 0 Å². The van der Waals surface area contributed by atoms with Gasteiger partial charge in [-0.2, -0.15) is 4.21 Å². The molecule has 0 amide bonds. The predicted molar refractivity (Wildman–Crippen MR) is 20.5 cm³/mol. The maximum atomic E-state index is 8.67. The molecular formula is H3Ag2KO3S. The van der Waals surface area contributed by atoms with Crippen LogP contribution in [-0.2, 0) is 56.1 Å². The Kier molecular flexibility index (Phi) is 51.6. The third kappa shape index (κ3) is 46.7. The van der Waals surface area contributed by atoms with Gasteiger partial charge in [0, 0.05) is 44.8 Å². The Hall–Kier alpha value is 3.19. The quantitative estimate of drug-likeness (QED) is 0.441. The van der Waals surface area contributed by atoms with Crippen LogP contribution in [0, 0.1) is 0 Å². The first-order chi connectivity index (χ1) is 1.73. The average molecular weight is 338 g/mol. The van der Waals surface area contributed by atoms with Crippen LogP contribution in [0.3, 0.4) is 0 Å². The summed E-state index contributed by atoms with van der Waals surface area (Å²) in [4.78, 5) is 0. The van der Waals surface area contributed by atoms with Gasteiger partial charge in [0.2, 0.25) is 0 Å². The topological polar surface area (TPSA) is 57.5 Å². The molecule has 7 heteroatoms. The molecule has 0 aromatic carbocycles. The zero-order valence-electron chi connectivity index (χ0n) is 2.31. The van der Waals surface area contributed by atoms with E-state index in [1.165, 1.54) is 0 Å². The van der Waals surface area contributed by atoms with Gasteiger partial charge < -0.3 is 0 Å². The van der Waals surface area contributed by atoms with Crippen LogP contribution in [0.15, 0.2) is 0 Å². The van der Waals surface area contributed by atoms with Crippen LogP contribution in [0.25, 0.3) is 0 Å². The minimum atomic E-state index is -2.61. The first kappa shape index (κ1) is 22.5. The molecule has 7 heavy (non-hydrogen) atoms. The summed E-state index contributed by atoms with van der Waals surface area (Å²) in [5.74, 6) is 0. The average Bonchev–Trinajstić information content (AvgIpc) is 0.811. The molecule has 0 aromatic heterocycles. The third-order valence-electron chi connectivity index (χ3n) is 0. The van der Waals surface area contributed by atoms with Crippen LogP contribution in [0.5, 0.6) is 0 Å². The first-order valence-corrected chi connectivity index (χ1v) is 1.60. The summed E-state index contributed by atoms with van der Waals surface area (Å²) in [5, 5.41) is 0. The Labute approximate surface area is 118 Å². The summed E-state index contributed by atoms with van der Waals surface area (Å²) in [6.07, 6.45) is 0. The molecule has 3 nitrogen and oxygen atoms in total. The summed E-state index contributed by atoms with van der Waals surface area (Å²) in [7, 11) is 0. The van der Waals surface area contributed by atoms with E-state index in [4.69, 9.17) is 13.3 Å². The fourth-order valence-corrected chi connectivity index (χ4v) is 0. The zero-order chi connectivity index (χ0) is 3.58. The Bertz CT molecular complexity index is 35.9. The summed E-state index contributed by atoms with van der Waals surface area (Å²) >= 11 is -2.61. The molecule has 0 bridgehead atoms. The van der Waals surface area contributed by atoms with Crippen molar-refractivity contribution < 1.29 is 58.1 Å². The van der Waals surface area contributed by atoms with Gasteiger partial charge >= 0.3 is 51.4 Å². The number of hydrogen-bond acceptors (Lipinski definition) is 1. The van der Waals surface area contributed by atoms with Crippen LogP contribution >= 0.6 is 0 Å². The summed E-state index contributed by atoms with van der Waals surface area (Å²) < 4.78 is 22.8. The molecule has 50 valence electrons. The second kappa shape index (κ2) is 16.1. The van der Waals surface area contributed by atoms with Crippen molar-refractivity contribution in [3.8, 4) is 0 Å². The van der Waals surface area contributed by atoms with E-state index in [9.17, 15) is 0 Å². The Morgan fingerprint density at radius 3 is 1.14 bits per heavy atom. The second-order valence-electron chi connectivity index (χ2n) is 0.231. The molecule has 2 radical (unpaired) electrons. The Balaban J connectivity index is -0.0000000150. The maximum absolute atomic E-state index is 8.67. The van der Waals surface area contributed by atoms with Gasteiger partial charge in [-0.3, -0.25) is 9.11 Å². The van der Waals surface area contributed by atoms with Crippen molar-refractivity contribution in [2.75, 3.05) is 0 Å². The van der Waals surface area contributed by atoms with E-state index in [1.54, 1.807) is 0 Å². The van der Waals surface area contributed by atoms with E-state index in [0.717, 1.165) is 0 Å². The van der Waals surface area contributed by atoms with E-state index < -0.39 is 11.4 Å². The molecule has 0 aliphatic carbocycles. The molecular weight excluding hydrogens is 335 g/mol. The summed E-state index contributed by atoms with van der Waals surface area (Å²) in [6, 6.07) is 0. The fraction of sp³-hybridized carbons (Fsp3) is 0. The van der Waals surface area contributed by atoms with Gasteiger partial charge in [-0.05, 0) is 0 Å². The summed E-state index contributed by atoms with van der Waals surface area (Å²) in [6.45, 7) is 0. The molecule has 0 rings (SSSR count). The van der Waals surface area contributed by atoms with E-state index in [1.807, 2.05) is 0 Å². The SMILES string of the molecule is O=S(O)O.[Ag].[Ag].[KH]. The molecule has 0 aromatic rings. The monoisotopic (exact) mass is 336 g/mol. The van der Waals surface area contributed by atoms with Crippen LogP contribution in [0.1, 0.15) is 0 Å². The van der Waals surface area contributed by atoms with Crippen molar-refractivity contribution in [1.29, 1.82) is 0 Å². The molecule has 0 saturated carbocycles. The van der Waals surface area contributed by atoms with Gasteiger partial charge in [-0.15, -0.1) is 0 Å². The van der Waals surface area contributed by atoms with E-state index >= 15 is 0 Å². The van der Waals surface area contributed by atoms with Gasteiger partial charge in [-0.1, -0.05) is 0 Å². The van der Waals surface area contributed by atoms with Gasteiger partial charge in [0.1, 0.15) is 0 Å². The molecule has 0 heterocycles. The van der Waals surface area contributed by atoms with Crippen LogP contribution < -0.4 is 0 Å². The van der Waals surface area contributed by atoms with Crippen LogP contribution in [-0.4, -0.2) is 64.7 Å². The second-order valence-corrected chi connectivity index (χ2v) is 0.692. The van der Waals surface area contributed by atoms with Gasteiger partial charge in [0.15, 0.2) is 0 Å². The zero-order valence-corrected chi connectivity index (χ0v) is 6.09. The molecule has 0 aliphatic heterocycles. The minimum absolute atomic E-state index is 0. The molecule has 0 fully saturated rings. The molecule has 0 atom stereocenters. The van der Waals surface area contributed by atoms with E-state index in [-0.39, 0.29) is 96.1 Å². The van der Waals surface area contributed by atoms with Crippen molar-refractivity contribution in [3.63, 3.8) is 0 Å². The number of rotatable bonds is 0.